The molecule has 0 aliphatic heterocycles. The van der Waals surface area contributed by atoms with E-state index in [0.29, 0.717) is 30.7 Å². The minimum atomic E-state index is -5.22. The van der Waals surface area contributed by atoms with Crippen LogP contribution in [-0.4, -0.2) is 6.16 Å². The number of benzene rings is 2. The van der Waals surface area contributed by atoms with E-state index in [1.54, 1.807) is 6.92 Å². The van der Waals surface area contributed by atoms with Gasteiger partial charge in [-0.05, 0) is 67.5 Å². The van der Waals surface area contributed by atoms with E-state index in [-0.39, 0.29) is 24.7 Å². The van der Waals surface area contributed by atoms with Gasteiger partial charge in [-0.2, -0.15) is 52.7 Å². The van der Waals surface area contributed by atoms with Crippen molar-refractivity contribution in [2.75, 3.05) is 6.16 Å². The molecule has 0 unspecified atom stereocenters. The molecule has 0 heterocycles. The molecular weight excluding hydrogens is 499 g/mol. The van der Waals surface area contributed by atoms with Gasteiger partial charge in [-0.3, -0.25) is 0 Å². The van der Waals surface area contributed by atoms with E-state index >= 15 is 0 Å². The first-order chi connectivity index (χ1) is 14.8. The fourth-order valence-electron chi connectivity index (χ4n) is 2.91. The van der Waals surface area contributed by atoms with Crippen molar-refractivity contribution in [1.29, 1.82) is 0 Å². The summed E-state index contributed by atoms with van der Waals surface area (Å²) in [5.74, 6) is 0. The first-order valence-corrected chi connectivity index (χ1v) is 10.7. The lowest BCUT2D eigenvalue weighted by Crippen LogP contribution is -2.23. The topological polar surface area (TPSA) is 0 Å². The molecule has 0 N–H and O–H groups in total. The maximum atomic E-state index is 13.2. The van der Waals surface area contributed by atoms with Gasteiger partial charge in [-0.25, -0.2) is 0 Å². The summed E-state index contributed by atoms with van der Waals surface area (Å²) in [4.78, 5) is 0. The van der Waals surface area contributed by atoms with Crippen LogP contribution < -0.4 is 10.6 Å². The Hall–Kier alpha value is -1.97. The van der Waals surface area contributed by atoms with Gasteiger partial charge in [0.15, 0.2) is 0 Å². The summed E-state index contributed by atoms with van der Waals surface area (Å²) in [6, 6.07) is 1.11. The van der Waals surface area contributed by atoms with Gasteiger partial charge in [0.2, 0.25) is 0 Å². The molecule has 0 saturated heterocycles. The number of rotatable bonds is 5. The summed E-state index contributed by atoms with van der Waals surface area (Å²) in [5, 5.41) is -1.24. The highest BCUT2D eigenvalue weighted by Crippen LogP contribution is 2.43. The molecule has 2 aromatic carbocycles. The third-order valence-electron chi connectivity index (χ3n) is 4.50. The zero-order valence-corrected chi connectivity index (χ0v) is 17.5. The summed E-state index contributed by atoms with van der Waals surface area (Å²) in [5.41, 5.74) is -6.78. The van der Waals surface area contributed by atoms with Crippen molar-refractivity contribution >= 4 is 18.5 Å². The Bertz CT molecular complexity index is 827. The van der Waals surface area contributed by atoms with E-state index < -0.39 is 65.5 Å². The van der Waals surface area contributed by atoms with Crippen molar-refractivity contribution in [2.24, 2.45) is 0 Å². The van der Waals surface area contributed by atoms with Crippen LogP contribution in [0.2, 0.25) is 0 Å². The lowest BCUT2D eigenvalue weighted by molar-refractivity contribution is -0.144. The summed E-state index contributed by atoms with van der Waals surface area (Å²) in [7, 11) is -2.41. The van der Waals surface area contributed by atoms with Crippen LogP contribution in [0.15, 0.2) is 36.4 Å². The monoisotopic (exact) mass is 514 g/mol. The van der Waals surface area contributed by atoms with Crippen LogP contribution in [-0.2, 0) is 24.7 Å². The zero-order valence-electron chi connectivity index (χ0n) is 16.6. The van der Waals surface area contributed by atoms with E-state index in [1.165, 1.54) is 0 Å². The van der Waals surface area contributed by atoms with Crippen molar-refractivity contribution in [3.8, 4) is 0 Å². The number of unbranched alkanes of at least 4 members (excludes halogenated alkanes) is 1. The SMILES string of the molecule is CCCCP(c1cc(C(F)(F)F)cc(C(F)(F)F)c1)c1cc(C(F)(F)F)cc(C(F)(F)F)c1. The molecule has 33 heavy (non-hydrogen) atoms. The Morgan fingerprint density at radius 1 is 0.515 bits per heavy atom. The highest BCUT2D eigenvalue weighted by atomic mass is 31.1. The van der Waals surface area contributed by atoms with Crippen molar-refractivity contribution < 1.29 is 52.7 Å². The average molecular weight is 514 g/mol. The van der Waals surface area contributed by atoms with Gasteiger partial charge in [0.25, 0.3) is 0 Å². The van der Waals surface area contributed by atoms with Crippen LogP contribution in [0, 0.1) is 0 Å². The molecule has 0 amide bonds. The quantitative estimate of drug-likeness (QED) is 0.280. The molecule has 2 rings (SSSR count). The minimum Gasteiger partial charge on any atom is -0.166 e. The van der Waals surface area contributed by atoms with Crippen LogP contribution >= 0.6 is 7.92 Å². The van der Waals surface area contributed by atoms with Gasteiger partial charge in [0, 0.05) is 0 Å². The number of alkyl halides is 12. The van der Waals surface area contributed by atoms with Crippen LogP contribution in [0.25, 0.3) is 0 Å². The molecule has 0 spiro atoms. The summed E-state index contributed by atoms with van der Waals surface area (Å²) >= 11 is 0. The van der Waals surface area contributed by atoms with Gasteiger partial charge in [-0.1, -0.05) is 13.3 Å². The third kappa shape index (κ3) is 7.01. The molecule has 0 aliphatic carbocycles. The van der Waals surface area contributed by atoms with E-state index in [4.69, 9.17) is 0 Å². The molecule has 0 saturated carbocycles. The smallest absolute Gasteiger partial charge is 0.166 e. The van der Waals surface area contributed by atoms with Gasteiger partial charge in [-0.15, -0.1) is 0 Å². The molecule has 2 aromatic rings. The standard InChI is InChI=1S/C20H15F12P/c1-2-3-4-33(15-7-11(17(21,22)23)5-12(8-15)18(24,25)26)16-9-13(19(27,28)29)6-14(10-16)20(30,31)32/h5-10H,2-4H2,1H3. The molecule has 0 atom stereocenters. The second-order valence-electron chi connectivity index (χ2n) is 7.03. The van der Waals surface area contributed by atoms with Crippen LogP contribution in [0.5, 0.6) is 0 Å². The summed E-state index contributed by atoms with van der Waals surface area (Å²) < 4.78 is 159. The normalized spacial score (nSPS) is 13.6. The Labute approximate surface area is 181 Å². The first-order valence-electron chi connectivity index (χ1n) is 9.20. The maximum Gasteiger partial charge on any atom is 0.416 e. The van der Waals surface area contributed by atoms with Crippen molar-refractivity contribution in [3.63, 3.8) is 0 Å². The Kier molecular flexibility index (Phi) is 7.73. The van der Waals surface area contributed by atoms with Gasteiger partial charge in [0.05, 0.1) is 22.3 Å². The second-order valence-corrected chi connectivity index (χ2v) is 9.37. The van der Waals surface area contributed by atoms with Crippen molar-refractivity contribution in [3.05, 3.63) is 58.7 Å². The molecule has 13 heteroatoms. The summed E-state index contributed by atoms with van der Waals surface area (Å²) in [6.07, 6.45) is -20.6. The zero-order chi connectivity index (χ0) is 25.4. The predicted molar refractivity (Wildman–Crippen MR) is 98.9 cm³/mol. The molecular formula is C20H15F12P. The Morgan fingerprint density at radius 2 is 0.788 bits per heavy atom. The van der Waals surface area contributed by atoms with E-state index in [1.807, 2.05) is 0 Å². The fraction of sp³-hybridized carbons (Fsp3) is 0.400. The number of hydrogen-bond acceptors (Lipinski definition) is 0. The lowest BCUT2D eigenvalue weighted by atomic mass is 10.1. The number of hydrogen-bond donors (Lipinski definition) is 0. The predicted octanol–water partition coefficient (Wildman–Crippen LogP) is 7.99. The highest BCUT2D eigenvalue weighted by molar-refractivity contribution is 7.73. The van der Waals surface area contributed by atoms with Gasteiger partial charge < -0.3 is 0 Å². The van der Waals surface area contributed by atoms with E-state index in [0.717, 1.165) is 0 Å². The molecule has 0 aromatic heterocycles. The van der Waals surface area contributed by atoms with Crippen LogP contribution in [0.3, 0.4) is 0 Å². The first kappa shape index (κ1) is 27.3. The maximum absolute atomic E-state index is 13.2. The molecule has 0 fully saturated rings. The van der Waals surface area contributed by atoms with E-state index in [2.05, 4.69) is 0 Å². The van der Waals surface area contributed by atoms with E-state index in [9.17, 15) is 52.7 Å². The largest absolute Gasteiger partial charge is 0.416 e. The Morgan fingerprint density at radius 3 is 1.00 bits per heavy atom. The van der Waals surface area contributed by atoms with Crippen molar-refractivity contribution in [2.45, 2.75) is 44.5 Å². The molecule has 184 valence electrons. The Balaban J connectivity index is 2.83. The average Bonchev–Trinajstić information content (AvgIpc) is 2.65. The second kappa shape index (κ2) is 9.35. The van der Waals surface area contributed by atoms with Crippen molar-refractivity contribution in [1.82, 2.24) is 0 Å². The third-order valence-corrected chi connectivity index (χ3v) is 7.03. The van der Waals surface area contributed by atoms with Gasteiger partial charge >= 0.3 is 24.7 Å². The summed E-state index contributed by atoms with van der Waals surface area (Å²) in [6.45, 7) is 1.61. The highest BCUT2D eigenvalue weighted by Gasteiger charge is 2.40. The molecule has 0 radical (unpaired) electrons. The lowest BCUT2D eigenvalue weighted by Gasteiger charge is -2.24. The molecule has 0 aliphatic rings. The number of halogens is 12. The molecule has 0 bridgehead atoms. The van der Waals surface area contributed by atoms with Crippen LogP contribution in [0.4, 0.5) is 52.7 Å². The fourth-order valence-corrected chi connectivity index (χ4v) is 5.54. The minimum absolute atomic E-state index is 0.149. The molecule has 0 nitrogen and oxygen atoms in total. The van der Waals surface area contributed by atoms with Gasteiger partial charge in [0.1, 0.15) is 0 Å². The van der Waals surface area contributed by atoms with Crippen LogP contribution in [0.1, 0.15) is 42.0 Å².